The van der Waals surface area contributed by atoms with Crippen LogP contribution < -0.4 is 15.4 Å². The molecule has 10 nitrogen and oxygen atoms in total. The van der Waals surface area contributed by atoms with E-state index in [2.05, 4.69) is 34.7 Å². The molecule has 1 aromatic carbocycles. The molecule has 214 valence electrons. The monoisotopic (exact) mass is 541 g/mol. The van der Waals surface area contributed by atoms with E-state index in [1.54, 1.807) is 36.9 Å². The molecular weight excluding hydrogens is 498 g/mol. The van der Waals surface area contributed by atoms with Gasteiger partial charge in [-0.15, -0.1) is 0 Å². The van der Waals surface area contributed by atoms with Crippen LogP contribution in [0.3, 0.4) is 0 Å². The topological polar surface area (TPSA) is 120 Å². The number of fused-ring (bicyclic) bond motifs is 1. The van der Waals surface area contributed by atoms with E-state index < -0.39 is 6.03 Å². The average Bonchev–Trinajstić information content (AvgIpc) is 3.23. The van der Waals surface area contributed by atoms with E-state index in [-0.39, 0.29) is 30.6 Å². The zero-order valence-electron chi connectivity index (χ0n) is 23.8. The third kappa shape index (κ3) is 6.91. The second-order valence-corrected chi connectivity index (χ2v) is 11.3. The summed E-state index contributed by atoms with van der Waals surface area (Å²) in [6.45, 7) is 9.41. The molecule has 2 aromatic rings. The van der Waals surface area contributed by atoms with Crippen LogP contribution in [0.15, 0.2) is 22.7 Å². The fourth-order valence-electron chi connectivity index (χ4n) is 5.68. The van der Waals surface area contributed by atoms with Crippen LogP contribution in [0.2, 0.25) is 0 Å². The highest BCUT2D eigenvalue weighted by atomic mass is 16.5. The van der Waals surface area contributed by atoms with Crippen LogP contribution >= 0.6 is 0 Å². The maximum absolute atomic E-state index is 13.7. The standard InChI is InChI=1S/C29H43N5O5/c1-18-14-34(19(2)17-35)28(36)23-12-9-13-24(30-29(37)31-26-20(3)32-39-21(26)4)27(23)38-25(18)16-33(5)15-22-10-7-6-8-11-22/h9,12-13,18-19,22,25,35H,6-8,10-11,14-17H2,1-5H3,(H2,30,31,37)/t18-,19-,25+/m1/s1. The molecule has 3 N–H and O–H groups in total. The van der Waals surface area contributed by atoms with Gasteiger partial charge in [0.15, 0.2) is 11.5 Å². The molecule has 39 heavy (non-hydrogen) atoms. The first-order valence-electron chi connectivity index (χ1n) is 14.1. The molecule has 1 saturated carbocycles. The van der Waals surface area contributed by atoms with Gasteiger partial charge in [0.2, 0.25) is 0 Å². The second-order valence-electron chi connectivity index (χ2n) is 11.3. The highest BCUT2D eigenvalue weighted by molar-refractivity contribution is 6.04. The average molecular weight is 542 g/mol. The summed E-state index contributed by atoms with van der Waals surface area (Å²) in [5.74, 6) is 1.30. The van der Waals surface area contributed by atoms with Gasteiger partial charge in [0.25, 0.3) is 5.91 Å². The first-order chi connectivity index (χ1) is 18.7. The van der Waals surface area contributed by atoms with Gasteiger partial charge in [-0.3, -0.25) is 4.79 Å². The van der Waals surface area contributed by atoms with E-state index in [0.29, 0.717) is 53.1 Å². The van der Waals surface area contributed by atoms with Crippen molar-refractivity contribution in [2.24, 2.45) is 11.8 Å². The van der Waals surface area contributed by atoms with Crippen LogP contribution in [0.5, 0.6) is 5.75 Å². The number of hydrogen-bond donors (Lipinski definition) is 3. The molecule has 1 aromatic heterocycles. The summed E-state index contributed by atoms with van der Waals surface area (Å²) < 4.78 is 11.8. The molecule has 2 aliphatic rings. The van der Waals surface area contributed by atoms with Crippen LogP contribution in [-0.4, -0.2) is 77.4 Å². The third-order valence-corrected chi connectivity index (χ3v) is 8.00. The summed E-state index contributed by atoms with van der Waals surface area (Å²) in [7, 11) is 2.13. The molecule has 2 heterocycles. The molecule has 4 rings (SSSR count). The summed E-state index contributed by atoms with van der Waals surface area (Å²) in [5, 5.41) is 19.5. The molecule has 1 fully saturated rings. The minimum Gasteiger partial charge on any atom is -0.486 e. The molecule has 3 atom stereocenters. The van der Waals surface area contributed by atoms with E-state index in [9.17, 15) is 14.7 Å². The van der Waals surface area contributed by atoms with Gasteiger partial charge < -0.3 is 34.8 Å². The number of urea groups is 1. The first kappa shape index (κ1) is 28.9. The van der Waals surface area contributed by atoms with Crippen LogP contribution in [0, 0.1) is 25.7 Å². The molecular formula is C29H43N5O5. The predicted molar refractivity (Wildman–Crippen MR) is 150 cm³/mol. The number of nitrogens with zero attached hydrogens (tertiary/aromatic N) is 3. The summed E-state index contributed by atoms with van der Waals surface area (Å²) in [6, 6.07) is 4.32. The predicted octanol–water partition coefficient (Wildman–Crippen LogP) is 4.67. The highest BCUT2D eigenvalue weighted by Crippen LogP contribution is 2.35. The molecule has 3 amide bonds. The van der Waals surface area contributed by atoms with Gasteiger partial charge in [0, 0.05) is 25.6 Å². The van der Waals surface area contributed by atoms with Crippen molar-refractivity contribution >= 4 is 23.3 Å². The van der Waals surface area contributed by atoms with E-state index in [4.69, 9.17) is 9.26 Å². The SMILES string of the molecule is Cc1noc(C)c1NC(=O)Nc1cccc2c1O[C@@H](CN(C)CC1CCCCC1)[C@H](C)CN([C@H](C)CO)C2=O. The number of anilines is 2. The lowest BCUT2D eigenvalue weighted by Crippen LogP contribution is -2.50. The fraction of sp³-hybridized carbons (Fsp3) is 0.621. The van der Waals surface area contributed by atoms with Gasteiger partial charge in [0.05, 0.1) is 23.9 Å². The smallest absolute Gasteiger partial charge is 0.323 e. The fourth-order valence-corrected chi connectivity index (χ4v) is 5.68. The Hall–Kier alpha value is -3.11. The Labute approximate surface area is 231 Å². The normalized spacial score (nSPS) is 21.1. The zero-order valence-corrected chi connectivity index (χ0v) is 23.8. The molecule has 0 bridgehead atoms. The van der Waals surface area contributed by atoms with E-state index in [1.165, 1.54) is 32.1 Å². The third-order valence-electron chi connectivity index (χ3n) is 8.00. The number of aromatic nitrogens is 1. The molecule has 1 aliphatic heterocycles. The van der Waals surface area contributed by atoms with Crippen molar-refractivity contribution in [2.45, 2.75) is 71.9 Å². The van der Waals surface area contributed by atoms with Gasteiger partial charge in [0.1, 0.15) is 17.5 Å². The number of ether oxygens (including phenoxy) is 1. The number of para-hydroxylation sites is 1. The number of benzene rings is 1. The van der Waals surface area contributed by atoms with Crippen molar-refractivity contribution in [3.05, 3.63) is 35.2 Å². The number of likely N-dealkylation sites (N-methyl/N-ethyl adjacent to an activating group) is 1. The van der Waals surface area contributed by atoms with Crippen LogP contribution in [0.25, 0.3) is 0 Å². The Morgan fingerprint density at radius 1 is 1.21 bits per heavy atom. The quantitative estimate of drug-likeness (QED) is 0.444. The van der Waals surface area contributed by atoms with Gasteiger partial charge in [-0.05, 0) is 58.7 Å². The Kier molecular flexibility index (Phi) is 9.50. The number of aliphatic hydroxyl groups excluding tert-OH is 1. The lowest BCUT2D eigenvalue weighted by molar-refractivity contribution is 0.0333. The van der Waals surface area contributed by atoms with Crippen molar-refractivity contribution < 1.29 is 24.0 Å². The minimum atomic E-state index is -0.490. The van der Waals surface area contributed by atoms with E-state index in [0.717, 1.165) is 6.54 Å². The highest BCUT2D eigenvalue weighted by Gasteiger charge is 2.35. The van der Waals surface area contributed by atoms with Crippen LogP contribution in [0.4, 0.5) is 16.2 Å². The van der Waals surface area contributed by atoms with E-state index in [1.807, 2.05) is 6.92 Å². The summed E-state index contributed by atoms with van der Waals surface area (Å²) in [6.07, 6.45) is 6.21. The number of nitrogens with one attached hydrogen (secondary N) is 2. The van der Waals surface area contributed by atoms with Gasteiger partial charge >= 0.3 is 6.03 Å². The maximum Gasteiger partial charge on any atom is 0.323 e. The maximum atomic E-state index is 13.7. The molecule has 10 heteroatoms. The van der Waals surface area contributed by atoms with Gasteiger partial charge in [-0.2, -0.15) is 0 Å². The number of hydrogen-bond acceptors (Lipinski definition) is 7. The number of aryl methyl sites for hydroxylation is 2. The molecule has 0 spiro atoms. The van der Waals surface area contributed by atoms with Crippen molar-refractivity contribution in [3.8, 4) is 5.75 Å². The van der Waals surface area contributed by atoms with Crippen molar-refractivity contribution in [2.75, 3.05) is 43.9 Å². The number of carbonyl (C=O) groups is 2. The number of rotatable bonds is 8. The first-order valence-corrected chi connectivity index (χ1v) is 14.1. The number of amides is 3. The van der Waals surface area contributed by atoms with Crippen molar-refractivity contribution in [3.63, 3.8) is 0 Å². The lowest BCUT2D eigenvalue weighted by Gasteiger charge is -2.39. The summed E-state index contributed by atoms with van der Waals surface area (Å²) >= 11 is 0. The van der Waals surface area contributed by atoms with Gasteiger partial charge in [-0.25, -0.2) is 4.79 Å². The van der Waals surface area contributed by atoms with Crippen LogP contribution in [0.1, 0.15) is 67.8 Å². The Morgan fingerprint density at radius 3 is 2.62 bits per heavy atom. The van der Waals surface area contributed by atoms with Gasteiger partial charge in [-0.1, -0.05) is 37.4 Å². The lowest BCUT2D eigenvalue weighted by atomic mass is 9.89. The van der Waals surface area contributed by atoms with Crippen molar-refractivity contribution in [1.29, 1.82) is 0 Å². The summed E-state index contributed by atoms with van der Waals surface area (Å²) in [5.41, 5.74) is 1.83. The Morgan fingerprint density at radius 2 is 1.95 bits per heavy atom. The second kappa shape index (κ2) is 12.8. The number of aliphatic hydroxyl groups is 1. The molecule has 0 unspecified atom stereocenters. The zero-order chi connectivity index (χ0) is 28.1. The van der Waals surface area contributed by atoms with Crippen molar-refractivity contribution in [1.82, 2.24) is 15.0 Å². The van der Waals surface area contributed by atoms with Crippen LogP contribution in [-0.2, 0) is 0 Å². The summed E-state index contributed by atoms with van der Waals surface area (Å²) in [4.78, 5) is 30.7. The largest absolute Gasteiger partial charge is 0.486 e. The Balaban J connectivity index is 1.61. The minimum absolute atomic E-state index is 0.00547. The molecule has 0 radical (unpaired) electrons. The molecule has 0 saturated heterocycles. The number of carbonyl (C=O) groups excluding carboxylic acids is 2. The van der Waals surface area contributed by atoms with E-state index >= 15 is 0 Å². The molecule has 1 aliphatic carbocycles. The Bertz CT molecular complexity index is 1130.